The Bertz CT molecular complexity index is 257. The molecular formula is C12H21N3. The lowest BCUT2D eigenvalue weighted by atomic mass is 10.2. The monoisotopic (exact) mass is 207 g/mol. The fraction of sp³-hybridized carbons (Fsp3) is 0.583. The van der Waals surface area contributed by atoms with Crippen LogP contribution < -0.4 is 5.32 Å². The molecule has 0 aromatic carbocycles. The van der Waals surface area contributed by atoms with Gasteiger partial charge in [0, 0.05) is 31.5 Å². The lowest BCUT2D eigenvalue weighted by Crippen LogP contribution is -2.36. The Morgan fingerprint density at radius 2 is 2.33 bits per heavy atom. The van der Waals surface area contributed by atoms with Gasteiger partial charge < -0.3 is 10.2 Å². The molecule has 0 amide bonds. The molecule has 0 aliphatic rings. The highest BCUT2D eigenvalue weighted by Gasteiger charge is 2.07. The minimum Gasteiger partial charge on any atom is -0.316 e. The normalized spacial score (nSPS) is 13.1. The van der Waals surface area contributed by atoms with Crippen LogP contribution in [0.2, 0.25) is 0 Å². The summed E-state index contributed by atoms with van der Waals surface area (Å²) in [5.41, 5.74) is 1.27. The lowest BCUT2D eigenvalue weighted by Gasteiger charge is -2.22. The lowest BCUT2D eigenvalue weighted by molar-refractivity contribution is 0.284. The van der Waals surface area contributed by atoms with Crippen molar-refractivity contribution >= 4 is 0 Å². The zero-order valence-electron chi connectivity index (χ0n) is 9.90. The molecular weight excluding hydrogens is 186 g/mol. The van der Waals surface area contributed by atoms with Crippen LogP contribution >= 0.6 is 0 Å². The van der Waals surface area contributed by atoms with Crippen molar-refractivity contribution in [2.45, 2.75) is 25.9 Å². The van der Waals surface area contributed by atoms with E-state index in [0.717, 1.165) is 19.5 Å². The molecule has 15 heavy (non-hydrogen) atoms. The van der Waals surface area contributed by atoms with Gasteiger partial charge in [0.05, 0.1) is 0 Å². The van der Waals surface area contributed by atoms with Crippen LogP contribution in [0.25, 0.3) is 0 Å². The maximum absolute atomic E-state index is 4.11. The summed E-state index contributed by atoms with van der Waals surface area (Å²) in [7, 11) is 4.17. The molecule has 1 aromatic heterocycles. The summed E-state index contributed by atoms with van der Waals surface area (Å²) < 4.78 is 0. The average Bonchev–Trinajstić information content (AvgIpc) is 2.27. The van der Waals surface area contributed by atoms with Gasteiger partial charge in [-0.05, 0) is 32.1 Å². The molecule has 0 saturated carbocycles. The average molecular weight is 207 g/mol. The quantitative estimate of drug-likeness (QED) is 0.766. The summed E-state index contributed by atoms with van der Waals surface area (Å²) in [5.74, 6) is 0. The van der Waals surface area contributed by atoms with E-state index in [9.17, 15) is 0 Å². The van der Waals surface area contributed by atoms with Crippen molar-refractivity contribution in [2.75, 3.05) is 20.6 Å². The first-order chi connectivity index (χ1) is 7.26. The Kier molecular flexibility index (Phi) is 5.29. The number of hydrogen-bond donors (Lipinski definition) is 1. The van der Waals surface area contributed by atoms with E-state index in [4.69, 9.17) is 0 Å². The fourth-order valence-electron chi connectivity index (χ4n) is 1.67. The van der Waals surface area contributed by atoms with E-state index in [2.05, 4.69) is 35.2 Å². The van der Waals surface area contributed by atoms with Crippen molar-refractivity contribution in [2.24, 2.45) is 0 Å². The van der Waals surface area contributed by atoms with Crippen LogP contribution in [0.3, 0.4) is 0 Å². The molecule has 3 heteroatoms. The maximum Gasteiger partial charge on any atom is 0.0312 e. The molecule has 0 aliphatic carbocycles. The van der Waals surface area contributed by atoms with Gasteiger partial charge >= 0.3 is 0 Å². The molecule has 1 N–H and O–H groups in total. The topological polar surface area (TPSA) is 28.2 Å². The van der Waals surface area contributed by atoms with Crippen molar-refractivity contribution in [3.05, 3.63) is 30.1 Å². The number of likely N-dealkylation sites (N-methyl/N-ethyl adjacent to an activating group) is 2. The van der Waals surface area contributed by atoms with Crippen LogP contribution in [-0.2, 0) is 6.54 Å². The number of nitrogens with one attached hydrogen (secondary N) is 1. The summed E-state index contributed by atoms with van der Waals surface area (Å²) in [6, 6.07) is 4.68. The second-order valence-electron chi connectivity index (χ2n) is 3.95. The first kappa shape index (κ1) is 12.1. The van der Waals surface area contributed by atoms with Crippen LogP contribution in [-0.4, -0.2) is 36.6 Å². The molecule has 1 rings (SSSR count). The van der Waals surface area contributed by atoms with Gasteiger partial charge in [0.15, 0.2) is 0 Å². The highest BCUT2D eigenvalue weighted by molar-refractivity contribution is 5.07. The Labute approximate surface area is 92.5 Å². The van der Waals surface area contributed by atoms with Gasteiger partial charge in [0.2, 0.25) is 0 Å². The van der Waals surface area contributed by atoms with E-state index in [1.165, 1.54) is 5.56 Å². The largest absolute Gasteiger partial charge is 0.316 e. The highest BCUT2D eigenvalue weighted by Crippen LogP contribution is 2.02. The highest BCUT2D eigenvalue weighted by atomic mass is 15.1. The molecule has 0 bridgehead atoms. The second-order valence-corrected chi connectivity index (χ2v) is 3.95. The van der Waals surface area contributed by atoms with Crippen LogP contribution in [0.5, 0.6) is 0 Å². The molecule has 84 valence electrons. The minimum absolute atomic E-state index is 0.576. The van der Waals surface area contributed by atoms with Crippen molar-refractivity contribution < 1.29 is 0 Å². The van der Waals surface area contributed by atoms with E-state index in [1.54, 1.807) is 0 Å². The van der Waals surface area contributed by atoms with Crippen LogP contribution in [0.4, 0.5) is 0 Å². The Morgan fingerprint density at radius 1 is 1.53 bits per heavy atom. The number of hydrogen-bond acceptors (Lipinski definition) is 3. The van der Waals surface area contributed by atoms with Crippen molar-refractivity contribution in [1.82, 2.24) is 15.2 Å². The molecule has 0 saturated heterocycles. The van der Waals surface area contributed by atoms with Gasteiger partial charge in [0.25, 0.3) is 0 Å². The Morgan fingerprint density at radius 3 is 2.87 bits per heavy atom. The predicted molar refractivity (Wildman–Crippen MR) is 63.7 cm³/mol. The standard InChI is InChI=1S/C12H21N3/c1-4-12(13-2)10-15(3)9-11-6-5-7-14-8-11/h5-8,12-13H,4,9-10H2,1-3H3. The zero-order valence-corrected chi connectivity index (χ0v) is 9.90. The third kappa shape index (κ3) is 4.40. The molecule has 1 atom stereocenters. The summed E-state index contributed by atoms with van der Waals surface area (Å²) in [5, 5.41) is 3.31. The molecule has 0 fully saturated rings. The zero-order chi connectivity index (χ0) is 11.1. The van der Waals surface area contributed by atoms with Gasteiger partial charge in [-0.2, -0.15) is 0 Å². The number of nitrogens with zero attached hydrogens (tertiary/aromatic N) is 2. The molecule has 1 aromatic rings. The summed E-state index contributed by atoms with van der Waals surface area (Å²) in [6.07, 6.45) is 4.90. The van der Waals surface area contributed by atoms with Gasteiger partial charge in [-0.1, -0.05) is 13.0 Å². The molecule has 3 nitrogen and oxygen atoms in total. The summed E-state index contributed by atoms with van der Waals surface area (Å²) in [4.78, 5) is 6.44. The van der Waals surface area contributed by atoms with Gasteiger partial charge in [-0.25, -0.2) is 0 Å². The SMILES string of the molecule is CCC(CN(C)Cc1cccnc1)NC. The maximum atomic E-state index is 4.11. The van der Waals surface area contributed by atoms with E-state index in [-0.39, 0.29) is 0 Å². The van der Waals surface area contributed by atoms with Crippen LogP contribution in [0.15, 0.2) is 24.5 Å². The van der Waals surface area contributed by atoms with Crippen molar-refractivity contribution in [3.8, 4) is 0 Å². The Hall–Kier alpha value is -0.930. The number of pyridine rings is 1. The Balaban J connectivity index is 2.39. The molecule has 0 spiro atoms. The minimum atomic E-state index is 0.576. The molecule has 0 radical (unpaired) electrons. The van der Waals surface area contributed by atoms with Gasteiger partial charge in [0.1, 0.15) is 0 Å². The fourth-order valence-corrected chi connectivity index (χ4v) is 1.67. The first-order valence-electron chi connectivity index (χ1n) is 5.51. The third-order valence-electron chi connectivity index (χ3n) is 2.61. The number of aromatic nitrogens is 1. The van der Waals surface area contributed by atoms with Crippen molar-refractivity contribution in [1.29, 1.82) is 0 Å². The van der Waals surface area contributed by atoms with Crippen molar-refractivity contribution in [3.63, 3.8) is 0 Å². The first-order valence-corrected chi connectivity index (χ1v) is 5.51. The molecule has 1 heterocycles. The van der Waals surface area contributed by atoms with E-state index >= 15 is 0 Å². The predicted octanol–water partition coefficient (Wildman–Crippen LogP) is 1.51. The van der Waals surface area contributed by atoms with Crippen LogP contribution in [0.1, 0.15) is 18.9 Å². The number of rotatable bonds is 6. The molecule has 0 aliphatic heterocycles. The van der Waals surface area contributed by atoms with Gasteiger partial charge in [-0.3, -0.25) is 4.98 Å². The smallest absolute Gasteiger partial charge is 0.0312 e. The summed E-state index contributed by atoms with van der Waals surface area (Å²) >= 11 is 0. The van der Waals surface area contributed by atoms with Crippen LogP contribution in [0, 0.1) is 0 Å². The summed E-state index contributed by atoms with van der Waals surface area (Å²) in [6.45, 7) is 4.24. The van der Waals surface area contributed by atoms with Gasteiger partial charge in [-0.15, -0.1) is 0 Å². The third-order valence-corrected chi connectivity index (χ3v) is 2.61. The van der Waals surface area contributed by atoms with E-state index in [0.29, 0.717) is 6.04 Å². The van der Waals surface area contributed by atoms with E-state index in [1.807, 2.05) is 25.5 Å². The second kappa shape index (κ2) is 6.53. The molecule has 1 unspecified atom stereocenters. The van der Waals surface area contributed by atoms with E-state index < -0.39 is 0 Å².